The van der Waals surface area contributed by atoms with Crippen molar-refractivity contribution < 1.29 is 4.74 Å². The number of hydrogen-bond donors (Lipinski definition) is 1. The summed E-state index contributed by atoms with van der Waals surface area (Å²) in [4.78, 5) is 2.40. The lowest BCUT2D eigenvalue weighted by Gasteiger charge is -2.25. The minimum Gasteiger partial charge on any atom is -0.383 e. The second kappa shape index (κ2) is 8.02. The Balaban J connectivity index is 2.06. The van der Waals surface area contributed by atoms with Gasteiger partial charge in [0.1, 0.15) is 6.07 Å². The van der Waals surface area contributed by atoms with Crippen molar-refractivity contribution in [3.8, 4) is 6.07 Å². The lowest BCUT2D eigenvalue weighted by atomic mass is 10.1. The van der Waals surface area contributed by atoms with Crippen LogP contribution >= 0.6 is 0 Å². The van der Waals surface area contributed by atoms with Gasteiger partial charge in [-0.25, -0.2) is 0 Å². The van der Waals surface area contributed by atoms with Gasteiger partial charge < -0.3 is 15.0 Å². The van der Waals surface area contributed by atoms with E-state index in [0.717, 1.165) is 42.9 Å². The summed E-state index contributed by atoms with van der Waals surface area (Å²) >= 11 is 0. The van der Waals surface area contributed by atoms with Crippen molar-refractivity contribution in [2.24, 2.45) is 0 Å². The van der Waals surface area contributed by atoms with Crippen LogP contribution in [0.15, 0.2) is 18.2 Å². The average Bonchev–Trinajstić information content (AvgIpc) is 3.34. The predicted octanol–water partition coefficient (Wildman–Crippen LogP) is 2.67. The summed E-state index contributed by atoms with van der Waals surface area (Å²) in [7, 11) is 1.70. The quantitative estimate of drug-likeness (QED) is 0.709. The number of ether oxygens (including phenoxy) is 1. The summed E-state index contributed by atoms with van der Waals surface area (Å²) in [5.41, 5.74) is 3.04. The molecule has 0 heterocycles. The van der Waals surface area contributed by atoms with Crippen LogP contribution in [0.5, 0.6) is 0 Å². The van der Waals surface area contributed by atoms with E-state index in [1.54, 1.807) is 7.11 Å². The number of nitriles is 1. The molecular formula is C17H25N3O. The van der Waals surface area contributed by atoms with Gasteiger partial charge in [-0.05, 0) is 37.0 Å². The molecule has 4 heteroatoms. The first-order valence-electron chi connectivity index (χ1n) is 7.79. The average molecular weight is 287 g/mol. The van der Waals surface area contributed by atoms with E-state index < -0.39 is 0 Å². The van der Waals surface area contributed by atoms with E-state index in [4.69, 9.17) is 4.74 Å². The molecule has 1 fully saturated rings. The first-order valence-corrected chi connectivity index (χ1v) is 7.79. The fraction of sp³-hybridized carbons (Fsp3) is 0.588. The van der Waals surface area contributed by atoms with Crippen LogP contribution in [0.1, 0.15) is 37.3 Å². The van der Waals surface area contributed by atoms with Gasteiger partial charge in [0.15, 0.2) is 0 Å². The topological polar surface area (TPSA) is 48.3 Å². The van der Waals surface area contributed by atoms with E-state index in [2.05, 4.69) is 35.3 Å². The Hall–Kier alpha value is -1.57. The fourth-order valence-corrected chi connectivity index (χ4v) is 2.57. The molecular weight excluding hydrogens is 262 g/mol. The largest absolute Gasteiger partial charge is 0.383 e. The molecule has 1 N–H and O–H groups in total. The van der Waals surface area contributed by atoms with Gasteiger partial charge in [-0.15, -0.1) is 0 Å². The molecule has 21 heavy (non-hydrogen) atoms. The Labute approximate surface area is 127 Å². The third-order valence-corrected chi connectivity index (χ3v) is 3.76. The molecule has 0 radical (unpaired) electrons. The van der Waals surface area contributed by atoms with Gasteiger partial charge in [-0.3, -0.25) is 0 Å². The molecule has 1 aliphatic rings. The smallest absolute Gasteiger partial charge is 0.101 e. The number of anilines is 1. The van der Waals surface area contributed by atoms with Crippen LogP contribution < -0.4 is 10.2 Å². The molecule has 0 saturated heterocycles. The molecule has 0 aliphatic heterocycles. The molecule has 2 rings (SSSR count). The maximum atomic E-state index is 9.45. The van der Waals surface area contributed by atoms with Crippen LogP contribution in [0.25, 0.3) is 0 Å². The van der Waals surface area contributed by atoms with Crippen molar-refractivity contribution in [1.29, 1.82) is 5.26 Å². The molecule has 1 saturated carbocycles. The Morgan fingerprint density at radius 3 is 2.86 bits per heavy atom. The van der Waals surface area contributed by atoms with Gasteiger partial charge in [0, 0.05) is 32.8 Å². The highest BCUT2D eigenvalue weighted by Gasteiger charge is 2.29. The van der Waals surface area contributed by atoms with Crippen LogP contribution in [-0.4, -0.2) is 32.8 Å². The zero-order valence-corrected chi connectivity index (χ0v) is 13.1. The van der Waals surface area contributed by atoms with E-state index in [-0.39, 0.29) is 0 Å². The molecule has 1 aromatic carbocycles. The van der Waals surface area contributed by atoms with Gasteiger partial charge in [-0.2, -0.15) is 5.26 Å². The van der Waals surface area contributed by atoms with Gasteiger partial charge in [0.2, 0.25) is 0 Å². The van der Waals surface area contributed by atoms with Crippen molar-refractivity contribution in [2.45, 2.75) is 38.8 Å². The zero-order valence-electron chi connectivity index (χ0n) is 13.1. The molecule has 0 atom stereocenters. The summed E-state index contributed by atoms with van der Waals surface area (Å²) in [5.74, 6) is 0. The lowest BCUT2D eigenvalue weighted by Crippen LogP contribution is -2.27. The Morgan fingerprint density at radius 1 is 1.43 bits per heavy atom. The number of rotatable bonds is 9. The Bertz CT molecular complexity index is 491. The van der Waals surface area contributed by atoms with E-state index in [1.165, 1.54) is 12.8 Å². The first-order chi connectivity index (χ1) is 10.3. The van der Waals surface area contributed by atoms with Crippen molar-refractivity contribution in [3.05, 3.63) is 29.3 Å². The standard InChI is InChI=1S/C17H25N3O/c1-3-9-20(16-5-6-16)17-7-4-14(11-15(17)12-18)13-19-8-10-21-2/h4,7,11,16,19H,3,5-6,8-10,13H2,1-2H3. The highest BCUT2D eigenvalue weighted by Crippen LogP contribution is 2.33. The molecule has 1 aromatic rings. The monoisotopic (exact) mass is 287 g/mol. The second-order valence-corrected chi connectivity index (χ2v) is 5.56. The van der Waals surface area contributed by atoms with E-state index in [1.807, 2.05) is 6.07 Å². The van der Waals surface area contributed by atoms with Gasteiger partial charge in [0.25, 0.3) is 0 Å². The van der Waals surface area contributed by atoms with E-state index in [0.29, 0.717) is 12.6 Å². The van der Waals surface area contributed by atoms with E-state index >= 15 is 0 Å². The number of methoxy groups -OCH3 is 1. The zero-order chi connectivity index (χ0) is 15.1. The number of nitrogens with zero attached hydrogens (tertiary/aromatic N) is 2. The molecule has 1 aliphatic carbocycles. The molecule has 114 valence electrons. The van der Waals surface area contributed by atoms with Crippen LogP contribution in [0.3, 0.4) is 0 Å². The highest BCUT2D eigenvalue weighted by molar-refractivity contribution is 5.61. The third kappa shape index (κ3) is 4.45. The molecule has 0 unspecified atom stereocenters. The Morgan fingerprint density at radius 2 is 2.24 bits per heavy atom. The molecule has 0 spiro atoms. The van der Waals surface area contributed by atoms with E-state index in [9.17, 15) is 5.26 Å². The van der Waals surface area contributed by atoms with Gasteiger partial charge in [-0.1, -0.05) is 13.0 Å². The van der Waals surface area contributed by atoms with Gasteiger partial charge in [0.05, 0.1) is 17.9 Å². The van der Waals surface area contributed by atoms with Crippen LogP contribution in [0.2, 0.25) is 0 Å². The van der Waals surface area contributed by atoms with Crippen molar-refractivity contribution >= 4 is 5.69 Å². The van der Waals surface area contributed by atoms with Crippen LogP contribution in [-0.2, 0) is 11.3 Å². The summed E-state index contributed by atoms with van der Waals surface area (Å²) in [6.45, 7) is 5.52. The molecule has 0 bridgehead atoms. The second-order valence-electron chi connectivity index (χ2n) is 5.56. The third-order valence-electron chi connectivity index (χ3n) is 3.76. The first kappa shape index (κ1) is 15.8. The minimum atomic E-state index is 0.641. The predicted molar refractivity (Wildman–Crippen MR) is 85.4 cm³/mol. The SMILES string of the molecule is CCCN(c1ccc(CNCCOC)cc1C#N)C1CC1. The normalized spacial score (nSPS) is 14.0. The van der Waals surface area contributed by atoms with Gasteiger partial charge >= 0.3 is 0 Å². The minimum absolute atomic E-state index is 0.641. The summed E-state index contributed by atoms with van der Waals surface area (Å²) in [6, 6.07) is 9.26. The number of nitrogens with one attached hydrogen (secondary N) is 1. The summed E-state index contributed by atoms with van der Waals surface area (Å²) in [6.07, 6.45) is 3.62. The fourth-order valence-electron chi connectivity index (χ4n) is 2.57. The summed E-state index contributed by atoms with van der Waals surface area (Å²) in [5, 5.41) is 12.8. The molecule has 0 amide bonds. The molecule has 0 aromatic heterocycles. The van der Waals surface area contributed by atoms with Crippen LogP contribution in [0, 0.1) is 11.3 Å². The van der Waals surface area contributed by atoms with Crippen LogP contribution in [0.4, 0.5) is 5.69 Å². The van der Waals surface area contributed by atoms with Crippen molar-refractivity contribution in [3.63, 3.8) is 0 Å². The number of hydrogen-bond acceptors (Lipinski definition) is 4. The van der Waals surface area contributed by atoms with Crippen molar-refractivity contribution in [1.82, 2.24) is 5.32 Å². The lowest BCUT2D eigenvalue weighted by molar-refractivity contribution is 0.199. The number of benzene rings is 1. The Kier molecular flexibility index (Phi) is 6.04. The van der Waals surface area contributed by atoms with Crippen molar-refractivity contribution in [2.75, 3.05) is 31.7 Å². The molecule has 4 nitrogen and oxygen atoms in total. The highest BCUT2D eigenvalue weighted by atomic mass is 16.5. The maximum absolute atomic E-state index is 9.45. The summed E-state index contributed by atoms with van der Waals surface area (Å²) < 4.78 is 5.01. The maximum Gasteiger partial charge on any atom is 0.101 e.